The Morgan fingerprint density at radius 1 is 1.41 bits per heavy atom. The zero-order valence-electron chi connectivity index (χ0n) is 10.4. The van der Waals surface area contributed by atoms with Crippen molar-refractivity contribution in [1.82, 2.24) is 15.0 Å². The summed E-state index contributed by atoms with van der Waals surface area (Å²) >= 11 is 0. The van der Waals surface area contributed by atoms with E-state index in [0.29, 0.717) is 13.0 Å². The Labute approximate surface area is 102 Å². The van der Waals surface area contributed by atoms with Crippen LogP contribution in [0.3, 0.4) is 0 Å². The molecule has 0 bridgehead atoms. The molecule has 0 atom stereocenters. The predicted molar refractivity (Wildman–Crippen MR) is 67.3 cm³/mol. The Bertz CT molecular complexity index is 438. The summed E-state index contributed by atoms with van der Waals surface area (Å²) in [6.45, 7) is 4.29. The van der Waals surface area contributed by atoms with Crippen LogP contribution in [0.4, 0.5) is 0 Å². The maximum atomic E-state index is 9.65. The molecule has 0 amide bonds. The average Bonchev–Trinajstić information content (AvgIpc) is 2.75. The Morgan fingerprint density at radius 2 is 2.24 bits per heavy atom. The van der Waals surface area contributed by atoms with Crippen LogP contribution in [0.5, 0.6) is 0 Å². The number of nitrogens with zero attached hydrogens (tertiary/aromatic N) is 3. The predicted octanol–water partition coefficient (Wildman–Crippen LogP) is 2.17. The molecule has 0 aromatic carbocycles. The number of aliphatic hydroxyl groups is 1. The summed E-state index contributed by atoms with van der Waals surface area (Å²) < 4.78 is 1.79. The van der Waals surface area contributed by atoms with Crippen LogP contribution < -0.4 is 0 Å². The lowest BCUT2D eigenvalue weighted by atomic mass is 10.0. The van der Waals surface area contributed by atoms with E-state index in [4.69, 9.17) is 0 Å². The maximum Gasteiger partial charge on any atom is 0.112 e. The second-order valence-corrected chi connectivity index (χ2v) is 5.07. The van der Waals surface area contributed by atoms with Crippen molar-refractivity contribution in [2.45, 2.75) is 45.3 Å². The second-order valence-electron chi connectivity index (χ2n) is 5.07. The van der Waals surface area contributed by atoms with Crippen molar-refractivity contribution in [3.8, 4) is 0 Å². The van der Waals surface area contributed by atoms with Gasteiger partial charge in [-0.15, -0.1) is 5.10 Å². The van der Waals surface area contributed by atoms with E-state index in [1.165, 1.54) is 0 Å². The number of hydrogen-bond acceptors (Lipinski definition) is 3. The van der Waals surface area contributed by atoms with Crippen molar-refractivity contribution in [2.75, 3.05) is 0 Å². The first kappa shape index (κ1) is 12.0. The average molecular weight is 233 g/mol. The zero-order valence-corrected chi connectivity index (χ0v) is 10.4. The largest absolute Gasteiger partial charge is 0.390 e. The molecule has 4 nitrogen and oxygen atoms in total. The molecule has 0 saturated heterocycles. The molecule has 1 heterocycles. The van der Waals surface area contributed by atoms with Gasteiger partial charge in [-0.2, -0.15) is 0 Å². The topological polar surface area (TPSA) is 50.9 Å². The second kappa shape index (κ2) is 4.84. The summed E-state index contributed by atoms with van der Waals surface area (Å²) in [5, 5.41) is 17.9. The smallest absolute Gasteiger partial charge is 0.112 e. The van der Waals surface area contributed by atoms with Crippen LogP contribution in [-0.4, -0.2) is 25.7 Å². The van der Waals surface area contributed by atoms with Crippen molar-refractivity contribution in [2.24, 2.45) is 0 Å². The lowest BCUT2D eigenvalue weighted by Gasteiger charge is -2.15. The minimum absolute atomic E-state index is 0.657. The van der Waals surface area contributed by atoms with Crippen LogP contribution in [0, 0.1) is 0 Å². The highest BCUT2D eigenvalue weighted by Gasteiger charge is 2.13. The third-order valence-electron chi connectivity index (χ3n) is 2.78. The van der Waals surface area contributed by atoms with Gasteiger partial charge in [0, 0.05) is 6.54 Å². The molecule has 0 radical (unpaired) electrons. The SMILES string of the molecule is CC(C)(O)CCn1cc(C2=CCCC=C2)nn1. The van der Waals surface area contributed by atoms with Crippen molar-refractivity contribution < 1.29 is 5.11 Å². The van der Waals surface area contributed by atoms with E-state index >= 15 is 0 Å². The molecule has 17 heavy (non-hydrogen) atoms. The van der Waals surface area contributed by atoms with Crippen LogP contribution >= 0.6 is 0 Å². The van der Waals surface area contributed by atoms with Gasteiger partial charge in [0.25, 0.3) is 0 Å². The van der Waals surface area contributed by atoms with E-state index in [1.807, 2.05) is 6.20 Å². The van der Waals surface area contributed by atoms with Gasteiger partial charge < -0.3 is 5.11 Å². The van der Waals surface area contributed by atoms with E-state index in [9.17, 15) is 5.11 Å². The Hall–Kier alpha value is -1.42. The number of aromatic nitrogens is 3. The molecule has 0 fully saturated rings. The molecular formula is C13H19N3O. The van der Waals surface area contributed by atoms with Gasteiger partial charge in [-0.05, 0) is 38.7 Å². The number of hydrogen-bond donors (Lipinski definition) is 1. The van der Waals surface area contributed by atoms with Gasteiger partial charge in [-0.25, -0.2) is 0 Å². The molecule has 0 saturated carbocycles. The highest BCUT2D eigenvalue weighted by Crippen LogP contribution is 2.19. The molecule has 92 valence electrons. The summed E-state index contributed by atoms with van der Waals surface area (Å²) in [7, 11) is 0. The summed E-state index contributed by atoms with van der Waals surface area (Å²) in [5.74, 6) is 0. The first-order valence-corrected chi connectivity index (χ1v) is 6.04. The standard InChI is InChI=1S/C13H19N3O/c1-13(2,17)8-9-16-10-12(14-15-16)11-6-4-3-5-7-11/h4,6-7,10,17H,3,5,8-9H2,1-2H3. The van der Waals surface area contributed by atoms with E-state index in [-0.39, 0.29) is 0 Å². The number of allylic oxidation sites excluding steroid dienone is 4. The third-order valence-corrected chi connectivity index (χ3v) is 2.78. The third kappa shape index (κ3) is 3.53. The molecule has 0 unspecified atom stereocenters. The normalized spacial score (nSPS) is 16.1. The molecule has 1 aliphatic carbocycles. The van der Waals surface area contributed by atoms with Gasteiger partial charge in [-0.1, -0.05) is 23.4 Å². The van der Waals surface area contributed by atoms with Crippen LogP contribution in [-0.2, 0) is 6.54 Å². The fourth-order valence-corrected chi connectivity index (χ4v) is 1.73. The van der Waals surface area contributed by atoms with Gasteiger partial charge in [-0.3, -0.25) is 4.68 Å². The van der Waals surface area contributed by atoms with E-state index < -0.39 is 5.60 Å². The van der Waals surface area contributed by atoms with Crippen LogP contribution in [0.2, 0.25) is 0 Å². The van der Waals surface area contributed by atoms with Crippen LogP contribution in [0.25, 0.3) is 5.57 Å². The first-order valence-electron chi connectivity index (χ1n) is 6.04. The lowest BCUT2D eigenvalue weighted by Crippen LogP contribution is -2.21. The lowest BCUT2D eigenvalue weighted by molar-refractivity contribution is 0.0649. The number of rotatable bonds is 4. The van der Waals surface area contributed by atoms with Crippen molar-refractivity contribution in [3.05, 3.63) is 30.1 Å². The van der Waals surface area contributed by atoms with E-state index in [2.05, 4.69) is 28.5 Å². The molecular weight excluding hydrogens is 214 g/mol. The summed E-state index contributed by atoms with van der Waals surface area (Å²) in [5.41, 5.74) is 1.40. The van der Waals surface area contributed by atoms with E-state index in [0.717, 1.165) is 24.1 Å². The highest BCUT2D eigenvalue weighted by molar-refractivity contribution is 5.71. The summed E-state index contributed by atoms with van der Waals surface area (Å²) in [4.78, 5) is 0. The summed E-state index contributed by atoms with van der Waals surface area (Å²) in [6.07, 6.45) is 11.2. The molecule has 0 aliphatic heterocycles. The van der Waals surface area contributed by atoms with Gasteiger partial charge >= 0.3 is 0 Å². The number of aryl methyl sites for hydroxylation is 1. The van der Waals surface area contributed by atoms with Gasteiger partial charge in [0.2, 0.25) is 0 Å². The first-order chi connectivity index (χ1) is 8.04. The minimum atomic E-state index is -0.657. The molecule has 1 aromatic heterocycles. The minimum Gasteiger partial charge on any atom is -0.390 e. The molecule has 4 heteroatoms. The van der Waals surface area contributed by atoms with Crippen molar-refractivity contribution >= 4 is 5.57 Å². The molecule has 1 aliphatic rings. The fraction of sp³-hybridized carbons (Fsp3) is 0.538. The highest BCUT2D eigenvalue weighted by atomic mass is 16.3. The molecule has 0 spiro atoms. The van der Waals surface area contributed by atoms with Gasteiger partial charge in [0.1, 0.15) is 5.69 Å². The van der Waals surface area contributed by atoms with Crippen LogP contribution in [0.15, 0.2) is 24.4 Å². The van der Waals surface area contributed by atoms with Crippen molar-refractivity contribution in [3.63, 3.8) is 0 Å². The van der Waals surface area contributed by atoms with Crippen molar-refractivity contribution in [1.29, 1.82) is 0 Å². The van der Waals surface area contributed by atoms with Crippen LogP contribution in [0.1, 0.15) is 38.8 Å². The molecule has 1 aromatic rings. The Morgan fingerprint density at radius 3 is 2.88 bits per heavy atom. The molecule has 2 rings (SSSR count). The monoisotopic (exact) mass is 233 g/mol. The fourth-order valence-electron chi connectivity index (χ4n) is 1.73. The quantitative estimate of drug-likeness (QED) is 0.867. The zero-order chi connectivity index (χ0) is 12.3. The Balaban J connectivity index is 2.01. The summed E-state index contributed by atoms with van der Waals surface area (Å²) in [6, 6.07) is 0. The maximum absolute atomic E-state index is 9.65. The molecule has 1 N–H and O–H groups in total. The van der Waals surface area contributed by atoms with E-state index in [1.54, 1.807) is 18.5 Å². The van der Waals surface area contributed by atoms with Gasteiger partial charge in [0.05, 0.1) is 11.8 Å². The Kier molecular flexibility index (Phi) is 3.43. The van der Waals surface area contributed by atoms with Gasteiger partial charge in [0.15, 0.2) is 0 Å².